The molecule has 1 aliphatic heterocycles. The Labute approximate surface area is 227 Å². The van der Waals surface area contributed by atoms with E-state index in [2.05, 4.69) is 17.6 Å². The number of amides is 1. The normalized spacial score (nSPS) is 14.2. The van der Waals surface area contributed by atoms with Crippen molar-refractivity contribution in [2.24, 2.45) is 0 Å². The van der Waals surface area contributed by atoms with Crippen molar-refractivity contribution < 1.29 is 18.7 Å². The van der Waals surface area contributed by atoms with Gasteiger partial charge in [0.05, 0.1) is 0 Å². The van der Waals surface area contributed by atoms with Crippen LogP contribution < -0.4 is 20.1 Å². The third kappa shape index (κ3) is 6.46. The number of rotatable bonds is 10. The molecule has 5 rings (SSSR count). The number of hydrogen-bond donors (Lipinski definition) is 2. The minimum Gasteiger partial charge on any atom is -0.456 e. The average molecular weight is 529 g/mol. The Balaban J connectivity index is 1.31. The Morgan fingerprint density at radius 1 is 0.947 bits per heavy atom. The summed E-state index contributed by atoms with van der Waals surface area (Å²) in [5.41, 5.74) is 2.84. The van der Waals surface area contributed by atoms with Crippen LogP contribution in [0.4, 0.5) is 5.69 Å². The van der Waals surface area contributed by atoms with Gasteiger partial charge in [-0.1, -0.05) is 66.2 Å². The lowest BCUT2D eigenvalue weighted by atomic mass is 9.88. The van der Waals surface area contributed by atoms with Gasteiger partial charge in [-0.15, -0.1) is 0 Å². The zero-order valence-corrected chi connectivity index (χ0v) is 21.8. The van der Waals surface area contributed by atoms with E-state index in [0.717, 1.165) is 22.6 Å². The van der Waals surface area contributed by atoms with Crippen molar-refractivity contribution >= 4 is 29.3 Å². The standard InChI is InChI=1S/C31H29ClN2O4/c1-21(33-19-24(32)16-22-8-4-2-5-9-22)27(23-12-14-28-30(17-23)37-20-36-28)18-26-13-15-29(38-26)31(35)34-25-10-6-3-7-11-25/h2-17,21,27,33H,18-20H2,1H3,(H,34,35)/b24-16-. The quantitative estimate of drug-likeness (QED) is 0.235. The van der Waals surface area contributed by atoms with Crippen LogP contribution in [0.3, 0.4) is 0 Å². The maximum atomic E-state index is 12.7. The number of ether oxygens (including phenoxy) is 2. The first kappa shape index (κ1) is 25.6. The Hall–Kier alpha value is -4.00. The molecule has 194 valence electrons. The first-order valence-electron chi connectivity index (χ1n) is 12.5. The van der Waals surface area contributed by atoms with Crippen LogP contribution in [-0.4, -0.2) is 25.3 Å². The number of fused-ring (bicyclic) bond motifs is 1. The van der Waals surface area contributed by atoms with Crippen molar-refractivity contribution in [3.05, 3.63) is 119 Å². The molecule has 0 aliphatic carbocycles. The molecule has 1 amide bonds. The van der Waals surface area contributed by atoms with Gasteiger partial charge in [0.15, 0.2) is 17.3 Å². The van der Waals surface area contributed by atoms with E-state index in [1.165, 1.54) is 0 Å². The Kier molecular flexibility index (Phi) is 8.12. The highest BCUT2D eigenvalue weighted by atomic mass is 35.5. The summed E-state index contributed by atoms with van der Waals surface area (Å²) in [5, 5.41) is 7.14. The van der Waals surface area contributed by atoms with Crippen LogP contribution in [0.25, 0.3) is 6.08 Å². The zero-order valence-electron chi connectivity index (χ0n) is 21.0. The zero-order chi connectivity index (χ0) is 26.3. The molecule has 38 heavy (non-hydrogen) atoms. The SMILES string of the molecule is CC(NC/C(Cl)=C/c1ccccc1)C(Cc1ccc(C(=O)Nc2ccccc2)o1)c1ccc2c(c1)OCO2. The molecule has 2 N–H and O–H groups in total. The summed E-state index contributed by atoms with van der Waals surface area (Å²) < 4.78 is 17.1. The average Bonchev–Trinajstić information content (AvgIpc) is 3.61. The number of benzene rings is 3. The highest BCUT2D eigenvalue weighted by molar-refractivity contribution is 6.31. The van der Waals surface area contributed by atoms with Gasteiger partial charge in [-0.2, -0.15) is 0 Å². The van der Waals surface area contributed by atoms with Crippen LogP contribution >= 0.6 is 11.6 Å². The molecule has 0 spiro atoms. The molecule has 0 bridgehead atoms. The number of carbonyl (C=O) groups excluding carboxylic acids is 1. The minimum absolute atomic E-state index is 0.0156. The van der Waals surface area contributed by atoms with E-state index in [0.29, 0.717) is 29.4 Å². The van der Waals surface area contributed by atoms with Crippen LogP contribution in [-0.2, 0) is 6.42 Å². The highest BCUT2D eigenvalue weighted by Gasteiger charge is 2.25. The highest BCUT2D eigenvalue weighted by Crippen LogP contribution is 2.36. The Morgan fingerprint density at radius 3 is 2.47 bits per heavy atom. The Bertz CT molecular complexity index is 1400. The molecule has 0 fully saturated rings. The van der Waals surface area contributed by atoms with Crippen LogP contribution in [0.15, 0.2) is 100 Å². The molecule has 7 heteroatoms. The summed E-state index contributed by atoms with van der Waals surface area (Å²) in [6.07, 6.45) is 2.54. The fraction of sp³-hybridized carbons (Fsp3) is 0.194. The molecule has 6 nitrogen and oxygen atoms in total. The van der Waals surface area contributed by atoms with E-state index >= 15 is 0 Å². The van der Waals surface area contributed by atoms with E-state index < -0.39 is 0 Å². The maximum Gasteiger partial charge on any atom is 0.291 e. The minimum atomic E-state index is -0.286. The number of furan rings is 1. The van der Waals surface area contributed by atoms with E-state index in [-0.39, 0.29) is 30.4 Å². The molecule has 1 aromatic heterocycles. The molecule has 0 radical (unpaired) electrons. The van der Waals surface area contributed by atoms with Gasteiger partial charge in [-0.3, -0.25) is 4.79 Å². The number of hydrogen-bond acceptors (Lipinski definition) is 5. The molecular weight excluding hydrogens is 500 g/mol. The molecule has 3 aromatic carbocycles. The van der Waals surface area contributed by atoms with Crippen molar-refractivity contribution in [3.8, 4) is 11.5 Å². The van der Waals surface area contributed by atoms with Gasteiger partial charge >= 0.3 is 0 Å². The van der Waals surface area contributed by atoms with Crippen LogP contribution in [0.2, 0.25) is 0 Å². The van der Waals surface area contributed by atoms with E-state index in [1.807, 2.05) is 91.0 Å². The van der Waals surface area contributed by atoms with Gasteiger partial charge in [-0.05, 0) is 60.5 Å². The summed E-state index contributed by atoms with van der Waals surface area (Å²) >= 11 is 6.55. The largest absolute Gasteiger partial charge is 0.456 e. The fourth-order valence-corrected chi connectivity index (χ4v) is 4.65. The van der Waals surface area contributed by atoms with E-state index in [9.17, 15) is 4.79 Å². The summed E-state index contributed by atoms with van der Waals surface area (Å²) in [5.74, 6) is 2.17. The second-order valence-electron chi connectivity index (χ2n) is 9.18. The summed E-state index contributed by atoms with van der Waals surface area (Å²) in [7, 11) is 0. The van der Waals surface area contributed by atoms with Crippen LogP contribution in [0.1, 0.15) is 40.3 Å². The molecular formula is C31H29ClN2O4. The van der Waals surface area contributed by atoms with Gasteiger partial charge in [0.2, 0.25) is 6.79 Å². The number of halogens is 1. The monoisotopic (exact) mass is 528 g/mol. The number of nitrogens with one attached hydrogen (secondary N) is 2. The predicted molar refractivity (Wildman–Crippen MR) is 150 cm³/mol. The molecule has 0 saturated carbocycles. The second-order valence-corrected chi connectivity index (χ2v) is 9.67. The predicted octanol–water partition coefficient (Wildman–Crippen LogP) is 6.84. The smallest absolute Gasteiger partial charge is 0.291 e. The topological polar surface area (TPSA) is 72.7 Å². The van der Waals surface area contributed by atoms with Crippen molar-refractivity contribution in [2.45, 2.75) is 25.3 Å². The van der Waals surface area contributed by atoms with E-state index in [1.54, 1.807) is 6.07 Å². The number of para-hydroxylation sites is 1. The molecule has 2 unspecified atom stereocenters. The Morgan fingerprint density at radius 2 is 1.68 bits per heavy atom. The van der Waals surface area contributed by atoms with Crippen molar-refractivity contribution in [1.82, 2.24) is 5.32 Å². The number of carbonyl (C=O) groups is 1. The van der Waals surface area contributed by atoms with Gasteiger partial charge in [0, 0.05) is 35.6 Å². The maximum absolute atomic E-state index is 12.7. The molecule has 1 aliphatic rings. The summed E-state index contributed by atoms with van der Waals surface area (Å²) in [6.45, 7) is 2.85. The van der Waals surface area contributed by atoms with Crippen LogP contribution in [0.5, 0.6) is 11.5 Å². The van der Waals surface area contributed by atoms with Gasteiger partial charge in [0.1, 0.15) is 5.76 Å². The van der Waals surface area contributed by atoms with Crippen molar-refractivity contribution in [2.75, 3.05) is 18.7 Å². The first-order chi connectivity index (χ1) is 18.5. The lowest BCUT2D eigenvalue weighted by Gasteiger charge is -2.25. The van der Waals surface area contributed by atoms with E-state index in [4.69, 9.17) is 25.5 Å². The van der Waals surface area contributed by atoms with Gasteiger partial charge < -0.3 is 24.5 Å². The van der Waals surface area contributed by atoms with Crippen molar-refractivity contribution in [3.63, 3.8) is 0 Å². The molecule has 0 saturated heterocycles. The first-order valence-corrected chi connectivity index (χ1v) is 12.9. The molecule has 4 aromatic rings. The fourth-order valence-electron chi connectivity index (χ4n) is 4.45. The van der Waals surface area contributed by atoms with Gasteiger partial charge in [-0.25, -0.2) is 0 Å². The lowest BCUT2D eigenvalue weighted by molar-refractivity contribution is 0.0994. The summed E-state index contributed by atoms with van der Waals surface area (Å²) in [6, 6.07) is 28.9. The summed E-state index contributed by atoms with van der Waals surface area (Å²) in [4.78, 5) is 12.7. The lowest BCUT2D eigenvalue weighted by Crippen LogP contribution is -2.34. The molecule has 2 heterocycles. The third-order valence-electron chi connectivity index (χ3n) is 6.48. The number of anilines is 1. The van der Waals surface area contributed by atoms with Gasteiger partial charge in [0.25, 0.3) is 5.91 Å². The molecule has 2 atom stereocenters. The third-order valence-corrected chi connectivity index (χ3v) is 6.73. The van der Waals surface area contributed by atoms with Crippen LogP contribution in [0, 0.1) is 0 Å². The van der Waals surface area contributed by atoms with Crippen molar-refractivity contribution in [1.29, 1.82) is 0 Å². The second kappa shape index (κ2) is 12.0.